The summed E-state index contributed by atoms with van der Waals surface area (Å²) in [5.41, 5.74) is 2.80. The molecule has 10 heteroatoms. The summed E-state index contributed by atoms with van der Waals surface area (Å²) in [6.45, 7) is 5.49. The molecule has 10 nitrogen and oxygen atoms in total. The number of esters is 2. The lowest BCUT2D eigenvalue weighted by Crippen LogP contribution is -2.05. The van der Waals surface area contributed by atoms with Crippen molar-refractivity contribution < 1.29 is 28.5 Å². The van der Waals surface area contributed by atoms with Crippen LogP contribution in [0.25, 0.3) is 0 Å². The largest absolute Gasteiger partial charge is 0.494 e. The number of unbranched alkanes of at least 4 members (excludes halogenated alkanes) is 2. The Kier molecular flexibility index (Phi) is 14.2. The second kappa shape index (κ2) is 18.7. The minimum absolute atomic E-state index is 0.169. The van der Waals surface area contributed by atoms with Gasteiger partial charge in [0.1, 0.15) is 11.5 Å². The molecule has 0 spiro atoms. The van der Waals surface area contributed by atoms with Gasteiger partial charge in [-0.3, -0.25) is 9.59 Å². The van der Waals surface area contributed by atoms with Crippen LogP contribution >= 0.6 is 0 Å². The molecule has 222 valence electrons. The molecule has 0 fully saturated rings. The fraction of sp³-hybridized carbons (Fsp3) is 0.375. The predicted octanol–water partition coefficient (Wildman–Crippen LogP) is 8.74. The molecule has 0 saturated carbocycles. The van der Waals surface area contributed by atoms with Gasteiger partial charge in [-0.2, -0.15) is 20.5 Å². The van der Waals surface area contributed by atoms with E-state index in [9.17, 15) is 9.59 Å². The quantitative estimate of drug-likeness (QED) is 0.0851. The maximum absolute atomic E-state index is 11.3. The van der Waals surface area contributed by atoms with E-state index in [4.69, 9.17) is 18.9 Å². The molecule has 0 atom stereocenters. The Labute approximate surface area is 246 Å². The summed E-state index contributed by atoms with van der Waals surface area (Å²) in [5, 5.41) is 17.1. The molecule has 3 rings (SSSR count). The number of ether oxygens (including phenoxy) is 4. The molecule has 0 aliphatic carbocycles. The van der Waals surface area contributed by atoms with Gasteiger partial charge in [0.15, 0.2) is 0 Å². The molecule has 0 aliphatic heterocycles. The number of benzene rings is 3. The van der Waals surface area contributed by atoms with Crippen LogP contribution in [0, 0.1) is 0 Å². The number of nitrogens with zero attached hydrogens (tertiary/aromatic N) is 4. The second-order valence-electron chi connectivity index (χ2n) is 9.13. The average molecular weight is 575 g/mol. The Morgan fingerprint density at radius 1 is 0.500 bits per heavy atom. The summed E-state index contributed by atoms with van der Waals surface area (Å²) < 4.78 is 21.3. The summed E-state index contributed by atoms with van der Waals surface area (Å²) in [4.78, 5) is 22.7. The Bertz CT molecular complexity index is 1180. The number of hydrogen-bond donors (Lipinski definition) is 0. The van der Waals surface area contributed by atoms with Gasteiger partial charge in [0.25, 0.3) is 0 Å². The van der Waals surface area contributed by atoms with E-state index in [0.29, 0.717) is 62.0 Å². The second-order valence-corrected chi connectivity index (χ2v) is 9.13. The molecule has 0 amide bonds. The van der Waals surface area contributed by atoms with Gasteiger partial charge in [-0.1, -0.05) is 0 Å². The van der Waals surface area contributed by atoms with Crippen LogP contribution in [0.15, 0.2) is 93.3 Å². The van der Waals surface area contributed by atoms with E-state index < -0.39 is 0 Å². The van der Waals surface area contributed by atoms with Crippen LogP contribution in [0.2, 0.25) is 0 Å². The van der Waals surface area contributed by atoms with Crippen molar-refractivity contribution in [2.75, 3.05) is 26.4 Å². The van der Waals surface area contributed by atoms with Crippen LogP contribution in [0.5, 0.6) is 11.5 Å². The molecule has 0 N–H and O–H groups in total. The first-order valence-corrected chi connectivity index (χ1v) is 14.3. The normalized spacial score (nSPS) is 11.1. The molecule has 3 aromatic carbocycles. The van der Waals surface area contributed by atoms with E-state index in [1.165, 1.54) is 0 Å². The molecule has 3 aromatic rings. The zero-order valence-electron chi connectivity index (χ0n) is 24.2. The van der Waals surface area contributed by atoms with Gasteiger partial charge in [0, 0.05) is 12.8 Å². The number of carbonyl (C=O) groups excluding carboxylic acids is 2. The third-order valence-electron chi connectivity index (χ3n) is 5.78. The van der Waals surface area contributed by atoms with E-state index in [2.05, 4.69) is 20.5 Å². The van der Waals surface area contributed by atoms with Crippen LogP contribution in [0.4, 0.5) is 22.7 Å². The number of hydrogen-bond acceptors (Lipinski definition) is 10. The molecule has 0 aromatic heterocycles. The lowest BCUT2D eigenvalue weighted by molar-refractivity contribution is -0.144. The van der Waals surface area contributed by atoms with Crippen molar-refractivity contribution in [2.24, 2.45) is 20.5 Å². The highest BCUT2D eigenvalue weighted by atomic mass is 16.5. The first kappa shape index (κ1) is 31.9. The van der Waals surface area contributed by atoms with Crippen molar-refractivity contribution in [2.45, 2.75) is 52.4 Å². The highest BCUT2D eigenvalue weighted by Crippen LogP contribution is 2.25. The van der Waals surface area contributed by atoms with Gasteiger partial charge >= 0.3 is 11.9 Å². The number of rotatable bonds is 18. The Morgan fingerprint density at radius 3 is 1.12 bits per heavy atom. The van der Waals surface area contributed by atoms with Crippen molar-refractivity contribution in [1.29, 1.82) is 0 Å². The molecule has 0 radical (unpaired) electrons. The van der Waals surface area contributed by atoms with Gasteiger partial charge in [0.2, 0.25) is 0 Å². The summed E-state index contributed by atoms with van der Waals surface area (Å²) >= 11 is 0. The lowest BCUT2D eigenvalue weighted by Gasteiger charge is -2.06. The molecular formula is C32H38N4O6. The van der Waals surface area contributed by atoms with Crippen molar-refractivity contribution in [3.63, 3.8) is 0 Å². The summed E-state index contributed by atoms with van der Waals surface area (Å²) in [6.07, 6.45) is 3.84. The topological polar surface area (TPSA) is 121 Å². The van der Waals surface area contributed by atoms with Crippen molar-refractivity contribution in [3.05, 3.63) is 72.8 Å². The smallest absolute Gasteiger partial charge is 0.305 e. The van der Waals surface area contributed by atoms with Gasteiger partial charge in [-0.05, 0) is 112 Å². The highest BCUT2D eigenvalue weighted by molar-refractivity contribution is 5.69. The molecule has 0 heterocycles. The first-order chi connectivity index (χ1) is 20.6. The predicted molar refractivity (Wildman–Crippen MR) is 160 cm³/mol. The van der Waals surface area contributed by atoms with Crippen LogP contribution in [-0.4, -0.2) is 38.4 Å². The molecule has 42 heavy (non-hydrogen) atoms. The van der Waals surface area contributed by atoms with E-state index in [-0.39, 0.29) is 11.9 Å². The minimum atomic E-state index is -0.169. The highest BCUT2D eigenvalue weighted by Gasteiger charge is 2.03. The minimum Gasteiger partial charge on any atom is -0.494 e. The van der Waals surface area contributed by atoms with Gasteiger partial charge < -0.3 is 18.9 Å². The van der Waals surface area contributed by atoms with Crippen molar-refractivity contribution >= 4 is 34.7 Å². The van der Waals surface area contributed by atoms with E-state index in [1.807, 2.05) is 72.8 Å². The van der Waals surface area contributed by atoms with Gasteiger partial charge in [-0.25, -0.2) is 0 Å². The van der Waals surface area contributed by atoms with Gasteiger partial charge in [0.05, 0.1) is 49.2 Å². The third-order valence-corrected chi connectivity index (χ3v) is 5.78. The molecule has 0 aliphatic rings. The van der Waals surface area contributed by atoms with Crippen LogP contribution in [0.1, 0.15) is 52.4 Å². The van der Waals surface area contributed by atoms with Crippen molar-refractivity contribution in [1.82, 2.24) is 0 Å². The zero-order valence-corrected chi connectivity index (χ0v) is 24.2. The Morgan fingerprint density at radius 2 is 0.810 bits per heavy atom. The summed E-state index contributed by atoms with van der Waals surface area (Å²) in [5.74, 6) is 1.14. The van der Waals surface area contributed by atoms with Crippen LogP contribution < -0.4 is 9.47 Å². The Hall–Kier alpha value is -4.60. The fourth-order valence-corrected chi connectivity index (χ4v) is 3.62. The third kappa shape index (κ3) is 12.7. The van der Waals surface area contributed by atoms with Gasteiger partial charge in [-0.15, -0.1) is 0 Å². The van der Waals surface area contributed by atoms with E-state index in [0.717, 1.165) is 37.2 Å². The first-order valence-electron chi connectivity index (χ1n) is 14.3. The zero-order chi connectivity index (χ0) is 29.8. The molecular weight excluding hydrogens is 536 g/mol. The lowest BCUT2D eigenvalue weighted by atomic mass is 10.2. The standard InChI is InChI=1S/C32H38N4O6/c1-3-39-31(37)9-5-7-23-41-29-19-15-27(16-20-29)35-33-25-11-13-26(14-12-25)34-36-28-17-21-30(22-18-28)42-24-8-6-10-32(38)40-4-2/h11-22H,3-10,23-24H2,1-2H3/b35-33+,36-34+. The monoisotopic (exact) mass is 574 g/mol. The average Bonchev–Trinajstić information content (AvgIpc) is 3.00. The molecule has 0 bridgehead atoms. The fourth-order valence-electron chi connectivity index (χ4n) is 3.62. The SMILES string of the molecule is CCOC(=O)CCCCOc1ccc(/N=N/c2ccc(/N=N/c3ccc(OCCCCC(=O)OCC)cc3)cc2)cc1. The Balaban J connectivity index is 1.37. The summed E-state index contributed by atoms with van der Waals surface area (Å²) in [6, 6.07) is 22.0. The van der Waals surface area contributed by atoms with Crippen LogP contribution in [0.3, 0.4) is 0 Å². The number of carbonyl (C=O) groups is 2. The maximum atomic E-state index is 11.3. The van der Waals surface area contributed by atoms with E-state index >= 15 is 0 Å². The van der Waals surface area contributed by atoms with E-state index in [1.54, 1.807) is 13.8 Å². The van der Waals surface area contributed by atoms with Crippen LogP contribution in [-0.2, 0) is 19.1 Å². The van der Waals surface area contributed by atoms with Crippen molar-refractivity contribution in [3.8, 4) is 11.5 Å². The summed E-state index contributed by atoms with van der Waals surface area (Å²) in [7, 11) is 0. The maximum Gasteiger partial charge on any atom is 0.305 e. The molecule has 0 unspecified atom stereocenters. The molecule has 0 saturated heterocycles. The number of azo groups is 2.